The molecule has 1 fully saturated rings. The van der Waals surface area contributed by atoms with Gasteiger partial charge in [-0.2, -0.15) is 9.78 Å². The van der Waals surface area contributed by atoms with Crippen molar-refractivity contribution in [1.82, 2.24) is 19.5 Å². The predicted octanol–water partition coefficient (Wildman–Crippen LogP) is 2.30. The molecule has 0 unspecified atom stereocenters. The molecule has 9 heteroatoms. The number of benzene rings is 1. The van der Waals surface area contributed by atoms with Gasteiger partial charge in [-0.1, -0.05) is 39.4 Å². The van der Waals surface area contributed by atoms with Crippen molar-refractivity contribution in [1.29, 1.82) is 5.26 Å². The van der Waals surface area contributed by atoms with Crippen LogP contribution in [0.1, 0.15) is 11.6 Å². The SMILES string of the molecule is N#C[C@H](c1ccc(Br)cc1)N1CCN(c2nn3c(=O)ccnc3s2)CC1. The topological polar surface area (TPSA) is 77.5 Å². The highest BCUT2D eigenvalue weighted by atomic mass is 79.9. The summed E-state index contributed by atoms with van der Waals surface area (Å²) in [7, 11) is 0. The van der Waals surface area contributed by atoms with Crippen LogP contribution < -0.4 is 10.5 Å². The molecule has 26 heavy (non-hydrogen) atoms. The highest BCUT2D eigenvalue weighted by molar-refractivity contribution is 9.10. The summed E-state index contributed by atoms with van der Waals surface area (Å²) in [5.74, 6) is 0. The normalized spacial score (nSPS) is 16.5. The monoisotopic (exact) mass is 430 g/mol. The maximum Gasteiger partial charge on any atom is 0.275 e. The van der Waals surface area contributed by atoms with Gasteiger partial charge in [0.1, 0.15) is 6.04 Å². The molecule has 4 rings (SSSR count). The second kappa shape index (κ2) is 7.15. The fourth-order valence-corrected chi connectivity index (χ4v) is 4.24. The van der Waals surface area contributed by atoms with Gasteiger partial charge in [-0.3, -0.25) is 9.69 Å². The Balaban J connectivity index is 1.49. The van der Waals surface area contributed by atoms with E-state index in [-0.39, 0.29) is 11.6 Å². The van der Waals surface area contributed by atoms with Gasteiger partial charge in [-0.15, -0.1) is 5.10 Å². The maximum absolute atomic E-state index is 11.8. The van der Waals surface area contributed by atoms with Crippen molar-refractivity contribution in [2.24, 2.45) is 0 Å². The Morgan fingerprint density at radius 2 is 1.88 bits per heavy atom. The van der Waals surface area contributed by atoms with E-state index in [1.54, 1.807) is 0 Å². The standard InChI is InChI=1S/C17H15BrN6OS/c18-13-3-1-12(2-4-13)14(11-19)22-7-9-23(10-8-22)17-21-24-15(25)5-6-20-16(24)26-17/h1-6,14H,7-10H2/t14-/m1/s1. The quantitative estimate of drug-likeness (QED) is 0.634. The molecular weight excluding hydrogens is 416 g/mol. The van der Waals surface area contributed by atoms with E-state index in [4.69, 9.17) is 0 Å². The van der Waals surface area contributed by atoms with Gasteiger partial charge in [0, 0.05) is 42.9 Å². The van der Waals surface area contributed by atoms with Crippen LogP contribution in [0.25, 0.3) is 4.96 Å². The van der Waals surface area contributed by atoms with Gasteiger partial charge in [0.15, 0.2) is 0 Å². The minimum absolute atomic E-state index is 0.170. The Hall–Kier alpha value is -2.28. The molecule has 0 amide bonds. The zero-order valence-electron chi connectivity index (χ0n) is 13.7. The number of fused-ring (bicyclic) bond motifs is 1. The van der Waals surface area contributed by atoms with Crippen LogP contribution in [0.15, 0.2) is 45.8 Å². The van der Waals surface area contributed by atoms with Gasteiger partial charge in [0.2, 0.25) is 10.1 Å². The van der Waals surface area contributed by atoms with Gasteiger partial charge < -0.3 is 4.90 Å². The van der Waals surface area contributed by atoms with Crippen LogP contribution in [0.3, 0.4) is 0 Å². The van der Waals surface area contributed by atoms with Gasteiger partial charge in [0.05, 0.1) is 6.07 Å². The number of anilines is 1. The number of hydrogen-bond donors (Lipinski definition) is 0. The number of nitriles is 1. The highest BCUT2D eigenvalue weighted by Crippen LogP contribution is 2.26. The van der Waals surface area contributed by atoms with Crippen LogP contribution in [-0.2, 0) is 0 Å². The Morgan fingerprint density at radius 1 is 1.15 bits per heavy atom. The lowest BCUT2D eigenvalue weighted by molar-refractivity contribution is 0.222. The molecule has 3 heterocycles. The number of halogens is 1. The lowest BCUT2D eigenvalue weighted by Crippen LogP contribution is -2.47. The zero-order valence-corrected chi connectivity index (χ0v) is 16.2. The largest absolute Gasteiger partial charge is 0.344 e. The molecule has 0 N–H and O–H groups in total. The average molecular weight is 431 g/mol. The zero-order chi connectivity index (χ0) is 18.1. The second-order valence-electron chi connectivity index (χ2n) is 5.97. The van der Waals surface area contributed by atoms with Crippen molar-refractivity contribution in [2.75, 3.05) is 31.1 Å². The summed E-state index contributed by atoms with van der Waals surface area (Å²) >= 11 is 4.84. The summed E-state index contributed by atoms with van der Waals surface area (Å²) in [6, 6.07) is 11.4. The molecule has 1 aliphatic rings. The second-order valence-corrected chi connectivity index (χ2v) is 7.82. The van der Waals surface area contributed by atoms with Crippen molar-refractivity contribution in [3.8, 4) is 6.07 Å². The first-order valence-electron chi connectivity index (χ1n) is 8.15. The van der Waals surface area contributed by atoms with Crippen LogP contribution >= 0.6 is 27.3 Å². The molecule has 1 atom stereocenters. The first kappa shape index (κ1) is 17.1. The summed E-state index contributed by atoms with van der Waals surface area (Å²) in [4.78, 5) is 21.0. The Labute approximate surface area is 162 Å². The summed E-state index contributed by atoms with van der Waals surface area (Å²) in [6.45, 7) is 3.02. The Morgan fingerprint density at radius 3 is 2.54 bits per heavy atom. The Bertz CT molecular complexity index is 1020. The third-order valence-corrected chi connectivity index (χ3v) is 5.93. The maximum atomic E-state index is 11.8. The number of piperazine rings is 1. The summed E-state index contributed by atoms with van der Waals surface area (Å²) in [5, 5.41) is 14.8. The summed E-state index contributed by atoms with van der Waals surface area (Å²) in [6.07, 6.45) is 1.51. The molecule has 7 nitrogen and oxygen atoms in total. The van der Waals surface area contributed by atoms with E-state index in [0.717, 1.165) is 41.3 Å². The fraction of sp³-hybridized carbons (Fsp3) is 0.294. The molecule has 0 spiro atoms. The lowest BCUT2D eigenvalue weighted by Gasteiger charge is -2.36. The van der Waals surface area contributed by atoms with Crippen LogP contribution in [0, 0.1) is 11.3 Å². The van der Waals surface area contributed by atoms with Gasteiger partial charge >= 0.3 is 0 Å². The van der Waals surface area contributed by atoms with Gasteiger partial charge in [0.25, 0.3) is 5.56 Å². The lowest BCUT2D eigenvalue weighted by atomic mass is 10.1. The predicted molar refractivity (Wildman–Crippen MR) is 103 cm³/mol. The highest BCUT2D eigenvalue weighted by Gasteiger charge is 2.26. The molecular formula is C17H15BrN6OS. The molecule has 0 radical (unpaired) electrons. The summed E-state index contributed by atoms with van der Waals surface area (Å²) in [5.41, 5.74) is 0.829. The molecule has 1 aliphatic heterocycles. The first-order chi connectivity index (χ1) is 12.7. The van der Waals surface area contributed by atoms with E-state index in [0.29, 0.717) is 4.96 Å². The molecule has 3 aromatic rings. The van der Waals surface area contributed by atoms with E-state index in [2.05, 4.69) is 41.9 Å². The van der Waals surface area contributed by atoms with E-state index in [1.807, 2.05) is 24.3 Å². The number of rotatable bonds is 3. The molecule has 1 aromatic carbocycles. The fourth-order valence-electron chi connectivity index (χ4n) is 3.04. The molecule has 0 aliphatic carbocycles. The molecule has 132 valence electrons. The van der Waals surface area contributed by atoms with Crippen molar-refractivity contribution >= 4 is 37.4 Å². The van der Waals surface area contributed by atoms with Crippen LogP contribution in [0.2, 0.25) is 0 Å². The average Bonchev–Trinajstić information content (AvgIpc) is 3.10. The molecule has 0 saturated carbocycles. The van der Waals surface area contributed by atoms with Crippen LogP contribution in [-0.4, -0.2) is 45.7 Å². The van der Waals surface area contributed by atoms with E-state index in [9.17, 15) is 10.1 Å². The molecule has 1 saturated heterocycles. The Kier molecular flexibility index (Phi) is 4.72. The third-order valence-electron chi connectivity index (χ3n) is 4.42. The van der Waals surface area contributed by atoms with Crippen molar-refractivity contribution in [2.45, 2.75) is 6.04 Å². The van der Waals surface area contributed by atoms with E-state index < -0.39 is 0 Å². The van der Waals surface area contributed by atoms with Crippen molar-refractivity contribution in [3.05, 3.63) is 56.9 Å². The third kappa shape index (κ3) is 3.23. The van der Waals surface area contributed by atoms with Crippen molar-refractivity contribution < 1.29 is 0 Å². The smallest absolute Gasteiger partial charge is 0.275 e. The number of hydrogen-bond acceptors (Lipinski definition) is 7. The van der Waals surface area contributed by atoms with Crippen LogP contribution in [0.5, 0.6) is 0 Å². The van der Waals surface area contributed by atoms with Gasteiger partial charge in [-0.05, 0) is 17.7 Å². The molecule has 2 aromatic heterocycles. The summed E-state index contributed by atoms with van der Waals surface area (Å²) < 4.78 is 2.34. The number of nitrogens with zero attached hydrogens (tertiary/aromatic N) is 6. The minimum Gasteiger partial charge on any atom is -0.344 e. The van der Waals surface area contributed by atoms with Gasteiger partial charge in [-0.25, -0.2) is 4.98 Å². The van der Waals surface area contributed by atoms with E-state index in [1.165, 1.54) is 28.1 Å². The van der Waals surface area contributed by atoms with Crippen molar-refractivity contribution in [3.63, 3.8) is 0 Å². The minimum atomic E-state index is -0.259. The first-order valence-corrected chi connectivity index (χ1v) is 9.75. The van der Waals surface area contributed by atoms with Crippen LogP contribution in [0.4, 0.5) is 5.13 Å². The molecule has 0 bridgehead atoms. The van der Waals surface area contributed by atoms with E-state index >= 15 is 0 Å². The number of aromatic nitrogens is 3.